The third-order valence-corrected chi connectivity index (χ3v) is 4.90. The van der Waals surface area contributed by atoms with Gasteiger partial charge in [0.2, 0.25) is 0 Å². The molecular formula is C19H32N2. The van der Waals surface area contributed by atoms with Crippen LogP contribution in [0, 0.1) is 20.8 Å². The van der Waals surface area contributed by atoms with Crippen LogP contribution >= 0.6 is 0 Å². The Bertz CT molecular complexity index is 438. The molecule has 1 aromatic rings. The van der Waals surface area contributed by atoms with E-state index in [1.807, 2.05) is 0 Å². The van der Waals surface area contributed by atoms with Crippen LogP contribution in [0.5, 0.6) is 0 Å². The summed E-state index contributed by atoms with van der Waals surface area (Å²) in [6, 6.07) is 5.67. The lowest BCUT2D eigenvalue weighted by molar-refractivity contribution is 0.168. The van der Waals surface area contributed by atoms with Crippen molar-refractivity contribution in [3.63, 3.8) is 0 Å². The van der Waals surface area contributed by atoms with E-state index in [2.05, 4.69) is 57.0 Å². The van der Waals surface area contributed by atoms with Gasteiger partial charge in [-0.05, 0) is 77.2 Å². The van der Waals surface area contributed by atoms with Crippen LogP contribution in [0.3, 0.4) is 0 Å². The molecule has 1 heterocycles. The number of aryl methyl sites for hydroxylation is 3. The quantitative estimate of drug-likeness (QED) is 0.876. The van der Waals surface area contributed by atoms with Gasteiger partial charge in [-0.3, -0.25) is 4.90 Å². The number of nitrogens with one attached hydrogen (secondary N) is 1. The molecule has 0 aromatic heterocycles. The van der Waals surface area contributed by atoms with Crippen molar-refractivity contribution >= 4 is 0 Å². The van der Waals surface area contributed by atoms with Crippen molar-refractivity contribution in [2.24, 2.45) is 0 Å². The fourth-order valence-electron chi connectivity index (χ4n) is 3.81. The molecule has 118 valence electrons. The molecule has 2 rings (SSSR count). The van der Waals surface area contributed by atoms with Gasteiger partial charge in [0.1, 0.15) is 0 Å². The van der Waals surface area contributed by atoms with E-state index >= 15 is 0 Å². The van der Waals surface area contributed by atoms with Gasteiger partial charge in [0.05, 0.1) is 0 Å². The molecule has 1 N–H and O–H groups in total. The van der Waals surface area contributed by atoms with Gasteiger partial charge in [-0.25, -0.2) is 0 Å². The fourth-order valence-corrected chi connectivity index (χ4v) is 3.81. The molecule has 0 saturated carbocycles. The standard InChI is InChI=1S/C19H32N2/c1-14-11-15(2)19(16(3)12-14)18(5)20-13-17(4)21-9-7-6-8-10-21/h11-12,17-18,20H,6-10,13H2,1-5H3. The van der Waals surface area contributed by atoms with Gasteiger partial charge in [0, 0.05) is 18.6 Å². The summed E-state index contributed by atoms with van der Waals surface area (Å²) >= 11 is 0. The van der Waals surface area contributed by atoms with Crippen molar-refractivity contribution in [3.05, 3.63) is 34.4 Å². The first-order chi connectivity index (χ1) is 9.99. The molecule has 0 amide bonds. The summed E-state index contributed by atoms with van der Waals surface area (Å²) in [5, 5.41) is 3.76. The number of piperidine rings is 1. The highest BCUT2D eigenvalue weighted by atomic mass is 15.2. The van der Waals surface area contributed by atoms with Gasteiger partial charge in [-0.15, -0.1) is 0 Å². The van der Waals surface area contributed by atoms with E-state index in [1.54, 1.807) is 0 Å². The summed E-state index contributed by atoms with van der Waals surface area (Å²) in [6.07, 6.45) is 4.15. The summed E-state index contributed by atoms with van der Waals surface area (Å²) in [6.45, 7) is 14.9. The third-order valence-electron chi connectivity index (χ3n) is 4.90. The maximum absolute atomic E-state index is 3.76. The molecule has 2 unspecified atom stereocenters. The van der Waals surface area contributed by atoms with E-state index in [1.165, 1.54) is 54.6 Å². The molecule has 1 aliphatic rings. The molecule has 2 nitrogen and oxygen atoms in total. The Morgan fingerprint density at radius 1 is 1.00 bits per heavy atom. The van der Waals surface area contributed by atoms with E-state index in [0.717, 1.165) is 6.54 Å². The van der Waals surface area contributed by atoms with E-state index < -0.39 is 0 Å². The third kappa shape index (κ3) is 4.31. The zero-order valence-corrected chi connectivity index (χ0v) is 14.5. The van der Waals surface area contributed by atoms with Crippen molar-refractivity contribution in [3.8, 4) is 0 Å². The van der Waals surface area contributed by atoms with Crippen molar-refractivity contribution in [1.82, 2.24) is 10.2 Å². The second-order valence-corrected chi connectivity index (χ2v) is 6.89. The number of rotatable bonds is 5. The van der Waals surface area contributed by atoms with Gasteiger partial charge in [-0.2, -0.15) is 0 Å². The molecule has 1 saturated heterocycles. The molecule has 2 heteroatoms. The zero-order valence-electron chi connectivity index (χ0n) is 14.5. The maximum Gasteiger partial charge on any atom is 0.0297 e. The molecule has 21 heavy (non-hydrogen) atoms. The van der Waals surface area contributed by atoms with Gasteiger partial charge in [0.25, 0.3) is 0 Å². The largest absolute Gasteiger partial charge is 0.309 e. The summed E-state index contributed by atoms with van der Waals surface area (Å²) in [7, 11) is 0. The Morgan fingerprint density at radius 2 is 1.57 bits per heavy atom. The second-order valence-electron chi connectivity index (χ2n) is 6.89. The molecule has 0 radical (unpaired) electrons. The predicted molar refractivity (Wildman–Crippen MR) is 92.0 cm³/mol. The van der Waals surface area contributed by atoms with E-state index in [0.29, 0.717) is 12.1 Å². The Balaban J connectivity index is 1.93. The monoisotopic (exact) mass is 288 g/mol. The van der Waals surface area contributed by atoms with E-state index in [4.69, 9.17) is 0 Å². The van der Waals surface area contributed by atoms with Gasteiger partial charge in [0.15, 0.2) is 0 Å². The first-order valence-corrected chi connectivity index (χ1v) is 8.54. The predicted octanol–water partition coefficient (Wildman–Crippen LogP) is 4.14. The molecule has 0 spiro atoms. The van der Waals surface area contributed by atoms with Crippen LogP contribution in [-0.4, -0.2) is 30.6 Å². The minimum atomic E-state index is 0.429. The number of hydrogen-bond donors (Lipinski definition) is 1. The highest BCUT2D eigenvalue weighted by Crippen LogP contribution is 2.23. The first kappa shape index (κ1) is 16.5. The lowest BCUT2D eigenvalue weighted by Gasteiger charge is -2.33. The highest BCUT2D eigenvalue weighted by Gasteiger charge is 2.18. The average molecular weight is 288 g/mol. The molecule has 2 atom stereocenters. The fraction of sp³-hybridized carbons (Fsp3) is 0.684. The minimum Gasteiger partial charge on any atom is -0.309 e. The van der Waals surface area contributed by atoms with Crippen molar-refractivity contribution in [2.75, 3.05) is 19.6 Å². The van der Waals surface area contributed by atoms with Crippen LogP contribution in [0.25, 0.3) is 0 Å². The number of benzene rings is 1. The molecule has 1 aromatic carbocycles. The van der Waals surface area contributed by atoms with E-state index in [9.17, 15) is 0 Å². The molecular weight excluding hydrogens is 256 g/mol. The summed E-state index contributed by atoms with van der Waals surface area (Å²) in [5.41, 5.74) is 5.67. The number of nitrogens with zero attached hydrogens (tertiary/aromatic N) is 1. The van der Waals surface area contributed by atoms with Crippen molar-refractivity contribution < 1.29 is 0 Å². The molecule has 0 bridgehead atoms. The summed E-state index contributed by atoms with van der Waals surface area (Å²) in [4.78, 5) is 2.64. The summed E-state index contributed by atoms with van der Waals surface area (Å²) in [5.74, 6) is 0. The lowest BCUT2D eigenvalue weighted by atomic mass is 9.95. The first-order valence-electron chi connectivity index (χ1n) is 8.54. The van der Waals surface area contributed by atoms with Gasteiger partial charge in [-0.1, -0.05) is 24.1 Å². The second kappa shape index (κ2) is 7.42. The van der Waals surface area contributed by atoms with Crippen LogP contribution in [0.4, 0.5) is 0 Å². The van der Waals surface area contributed by atoms with Crippen molar-refractivity contribution in [2.45, 2.75) is 66.0 Å². The Kier molecular flexibility index (Phi) is 5.83. The average Bonchev–Trinajstić information content (AvgIpc) is 2.44. The smallest absolute Gasteiger partial charge is 0.0297 e. The SMILES string of the molecule is Cc1cc(C)c(C(C)NCC(C)N2CCCCC2)c(C)c1. The van der Waals surface area contributed by atoms with Crippen LogP contribution in [0.2, 0.25) is 0 Å². The zero-order chi connectivity index (χ0) is 15.4. The Labute approximate surface area is 130 Å². The molecule has 1 fully saturated rings. The highest BCUT2D eigenvalue weighted by molar-refractivity contribution is 5.39. The lowest BCUT2D eigenvalue weighted by Crippen LogP contribution is -2.43. The maximum atomic E-state index is 3.76. The Morgan fingerprint density at radius 3 is 2.14 bits per heavy atom. The minimum absolute atomic E-state index is 0.429. The van der Waals surface area contributed by atoms with E-state index in [-0.39, 0.29) is 0 Å². The normalized spacial score (nSPS) is 19.5. The van der Waals surface area contributed by atoms with Crippen LogP contribution in [0.1, 0.15) is 61.4 Å². The van der Waals surface area contributed by atoms with Gasteiger partial charge >= 0.3 is 0 Å². The van der Waals surface area contributed by atoms with Gasteiger partial charge < -0.3 is 5.32 Å². The number of likely N-dealkylation sites (tertiary alicyclic amines) is 1. The Hall–Kier alpha value is -0.860. The number of hydrogen-bond acceptors (Lipinski definition) is 2. The van der Waals surface area contributed by atoms with Crippen LogP contribution in [-0.2, 0) is 0 Å². The topological polar surface area (TPSA) is 15.3 Å². The molecule has 1 aliphatic heterocycles. The van der Waals surface area contributed by atoms with Crippen LogP contribution in [0.15, 0.2) is 12.1 Å². The van der Waals surface area contributed by atoms with Crippen LogP contribution < -0.4 is 5.32 Å². The van der Waals surface area contributed by atoms with Crippen molar-refractivity contribution in [1.29, 1.82) is 0 Å². The molecule has 0 aliphatic carbocycles. The summed E-state index contributed by atoms with van der Waals surface area (Å²) < 4.78 is 0.